The van der Waals surface area contributed by atoms with Crippen molar-refractivity contribution in [2.75, 3.05) is 25.1 Å². The van der Waals surface area contributed by atoms with Gasteiger partial charge in [0.15, 0.2) is 0 Å². The van der Waals surface area contributed by atoms with E-state index in [1.807, 2.05) is 0 Å². The van der Waals surface area contributed by atoms with Crippen molar-refractivity contribution in [2.45, 2.75) is 58.8 Å². The molecule has 0 aromatic heterocycles. The zero-order valence-corrected chi connectivity index (χ0v) is 13.5. The molecule has 0 aromatic carbocycles. The summed E-state index contributed by atoms with van der Waals surface area (Å²) in [5, 5.41) is 3.41. The van der Waals surface area contributed by atoms with E-state index in [4.69, 9.17) is 0 Å². The van der Waals surface area contributed by atoms with Crippen LogP contribution < -0.4 is 5.32 Å². The summed E-state index contributed by atoms with van der Waals surface area (Å²) >= 11 is 2.11. The first-order chi connectivity index (χ1) is 8.81. The molecular formula is C16H33NS. The van der Waals surface area contributed by atoms with Crippen LogP contribution in [-0.4, -0.2) is 25.1 Å². The minimum atomic E-state index is 0.953. The Morgan fingerprint density at radius 3 is 2.61 bits per heavy atom. The summed E-state index contributed by atoms with van der Waals surface area (Å²) in [6.07, 6.45) is 10.2. The molecule has 1 saturated carbocycles. The summed E-state index contributed by atoms with van der Waals surface area (Å²) in [5.41, 5.74) is 0. The van der Waals surface area contributed by atoms with Crippen LogP contribution in [0.1, 0.15) is 58.8 Å². The van der Waals surface area contributed by atoms with Crippen molar-refractivity contribution in [1.29, 1.82) is 0 Å². The number of nitrogens with one attached hydrogen (secondary N) is 1. The van der Waals surface area contributed by atoms with Crippen LogP contribution in [0.3, 0.4) is 0 Å². The van der Waals surface area contributed by atoms with Crippen LogP contribution >= 0.6 is 11.8 Å². The largest absolute Gasteiger partial charge is 0.319 e. The zero-order valence-electron chi connectivity index (χ0n) is 12.7. The van der Waals surface area contributed by atoms with E-state index in [9.17, 15) is 0 Å². The Labute approximate surface area is 119 Å². The summed E-state index contributed by atoms with van der Waals surface area (Å²) in [4.78, 5) is 0. The van der Waals surface area contributed by atoms with E-state index in [0.717, 1.165) is 17.8 Å². The standard InChI is InChI=1S/C16H33NS/c1-4-7-14-9-10-16(13-17-3)15(12-14)8-6-11-18-5-2/h14-17H,4-13H2,1-3H3. The van der Waals surface area contributed by atoms with Crippen molar-refractivity contribution in [3.63, 3.8) is 0 Å². The zero-order chi connectivity index (χ0) is 13.2. The van der Waals surface area contributed by atoms with Gasteiger partial charge in [-0.3, -0.25) is 0 Å². The minimum Gasteiger partial charge on any atom is -0.319 e. The number of thioether (sulfide) groups is 1. The molecule has 0 spiro atoms. The third-order valence-corrected chi connectivity index (χ3v) is 5.47. The van der Waals surface area contributed by atoms with Crippen molar-refractivity contribution in [3.8, 4) is 0 Å². The first-order valence-corrected chi connectivity index (χ1v) is 9.19. The SMILES string of the molecule is CCCC1CCC(CNC)C(CCCSCC)C1. The Hall–Kier alpha value is 0.310. The predicted molar refractivity (Wildman–Crippen MR) is 85.4 cm³/mol. The van der Waals surface area contributed by atoms with Gasteiger partial charge in [0.1, 0.15) is 0 Å². The molecule has 1 rings (SSSR count). The van der Waals surface area contributed by atoms with E-state index in [1.54, 1.807) is 0 Å². The fourth-order valence-corrected chi connectivity index (χ4v) is 4.23. The molecule has 3 atom stereocenters. The second-order valence-corrected chi connectivity index (χ2v) is 7.28. The van der Waals surface area contributed by atoms with Gasteiger partial charge in [0.25, 0.3) is 0 Å². The lowest BCUT2D eigenvalue weighted by atomic mass is 9.71. The molecule has 1 nitrogen and oxygen atoms in total. The van der Waals surface area contributed by atoms with E-state index in [-0.39, 0.29) is 0 Å². The lowest BCUT2D eigenvalue weighted by molar-refractivity contribution is 0.161. The van der Waals surface area contributed by atoms with E-state index < -0.39 is 0 Å². The van der Waals surface area contributed by atoms with Crippen LogP contribution in [0.15, 0.2) is 0 Å². The third kappa shape index (κ3) is 5.97. The Morgan fingerprint density at radius 2 is 1.94 bits per heavy atom. The van der Waals surface area contributed by atoms with Gasteiger partial charge in [-0.1, -0.05) is 33.1 Å². The van der Waals surface area contributed by atoms with Gasteiger partial charge in [-0.15, -0.1) is 0 Å². The minimum absolute atomic E-state index is 0.953. The van der Waals surface area contributed by atoms with E-state index >= 15 is 0 Å². The monoisotopic (exact) mass is 271 g/mol. The normalized spacial score (nSPS) is 28.5. The molecule has 2 heteroatoms. The Bertz CT molecular complexity index is 196. The summed E-state index contributed by atoms with van der Waals surface area (Å²) < 4.78 is 0. The van der Waals surface area contributed by atoms with Crippen molar-refractivity contribution in [2.24, 2.45) is 17.8 Å². The lowest BCUT2D eigenvalue weighted by Gasteiger charge is -2.36. The summed E-state index contributed by atoms with van der Waals surface area (Å²) in [5.74, 6) is 5.64. The summed E-state index contributed by atoms with van der Waals surface area (Å²) in [7, 11) is 2.11. The van der Waals surface area contributed by atoms with Crippen LogP contribution in [0.5, 0.6) is 0 Å². The number of rotatable bonds is 9. The third-order valence-electron chi connectivity index (χ3n) is 4.48. The van der Waals surface area contributed by atoms with Gasteiger partial charge in [0, 0.05) is 0 Å². The van der Waals surface area contributed by atoms with Crippen molar-refractivity contribution in [3.05, 3.63) is 0 Å². The maximum absolute atomic E-state index is 3.41. The molecule has 1 N–H and O–H groups in total. The average Bonchev–Trinajstić information content (AvgIpc) is 2.38. The Morgan fingerprint density at radius 1 is 1.11 bits per heavy atom. The molecule has 0 bridgehead atoms. The van der Waals surface area contributed by atoms with Gasteiger partial charge < -0.3 is 5.32 Å². The van der Waals surface area contributed by atoms with Gasteiger partial charge in [-0.05, 0) is 68.5 Å². The second-order valence-electron chi connectivity index (χ2n) is 5.88. The maximum atomic E-state index is 3.41. The van der Waals surface area contributed by atoms with E-state index in [2.05, 4.69) is 38.0 Å². The van der Waals surface area contributed by atoms with Crippen LogP contribution in [-0.2, 0) is 0 Å². The van der Waals surface area contributed by atoms with Crippen LogP contribution in [0.4, 0.5) is 0 Å². The van der Waals surface area contributed by atoms with Crippen LogP contribution in [0.2, 0.25) is 0 Å². The molecule has 0 radical (unpaired) electrons. The summed E-state index contributed by atoms with van der Waals surface area (Å²) in [6.45, 7) is 5.85. The van der Waals surface area contributed by atoms with E-state index in [0.29, 0.717) is 0 Å². The predicted octanol–water partition coefficient (Wildman–Crippen LogP) is 4.57. The molecule has 0 saturated heterocycles. The van der Waals surface area contributed by atoms with Gasteiger partial charge in [-0.25, -0.2) is 0 Å². The molecule has 0 amide bonds. The second kappa shape index (κ2) is 10.1. The highest BCUT2D eigenvalue weighted by Crippen LogP contribution is 2.38. The van der Waals surface area contributed by atoms with Crippen molar-refractivity contribution in [1.82, 2.24) is 5.32 Å². The van der Waals surface area contributed by atoms with Gasteiger partial charge in [0.05, 0.1) is 0 Å². The summed E-state index contributed by atoms with van der Waals surface area (Å²) in [6, 6.07) is 0. The fourth-order valence-electron chi connectivity index (χ4n) is 3.57. The number of hydrogen-bond donors (Lipinski definition) is 1. The molecule has 0 heterocycles. The highest BCUT2D eigenvalue weighted by atomic mass is 32.2. The van der Waals surface area contributed by atoms with Crippen LogP contribution in [0, 0.1) is 17.8 Å². The quantitative estimate of drug-likeness (QED) is 0.616. The van der Waals surface area contributed by atoms with Crippen molar-refractivity contribution >= 4 is 11.8 Å². The average molecular weight is 272 g/mol. The molecular weight excluding hydrogens is 238 g/mol. The van der Waals surface area contributed by atoms with Crippen molar-refractivity contribution < 1.29 is 0 Å². The molecule has 0 aromatic rings. The topological polar surface area (TPSA) is 12.0 Å². The highest BCUT2D eigenvalue weighted by molar-refractivity contribution is 7.99. The molecule has 1 fully saturated rings. The van der Waals surface area contributed by atoms with Crippen LogP contribution in [0.25, 0.3) is 0 Å². The first-order valence-electron chi connectivity index (χ1n) is 8.04. The first kappa shape index (κ1) is 16.4. The lowest BCUT2D eigenvalue weighted by Crippen LogP contribution is -2.32. The van der Waals surface area contributed by atoms with E-state index in [1.165, 1.54) is 63.0 Å². The number of hydrogen-bond acceptors (Lipinski definition) is 2. The molecule has 0 aliphatic heterocycles. The van der Waals surface area contributed by atoms with Gasteiger partial charge in [-0.2, -0.15) is 11.8 Å². The molecule has 108 valence electrons. The maximum Gasteiger partial charge on any atom is -0.00209 e. The van der Waals surface area contributed by atoms with Gasteiger partial charge in [0.2, 0.25) is 0 Å². The molecule has 18 heavy (non-hydrogen) atoms. The fraction of sp³-hybridized carbons (Fsp3) is 1.00. The Balaban J connectivity index is 2.34. The smallest absolute Gasteiger partial charge is 0.00209 e. The highest BCUT2D eigenvalue weighted by Gasteiger charge is 2.29. The Kier molecular flexibility index (Phi) is 9.22. The molecule has 3 unspecified atom stereocenters. The van der Waals surface area contributed by atoms with Gasteiger partial charge >= 0.3 is 0 Å². The molecule has 1 aliphatic rings. The molecule has 1 aliphatic carbocycles.